The largest absolute Gasteiger partial charge is 0.427 e. The van der Waals surface area contributed by atoms with Crippen molar-refractivity contribution < 1.29 is 9.76 Å². The molecule has 96 valence electrons. The Hall–Kier alpha value is -0.835. The van der Waals surface area contributed by atoms with Crippen molar-refractivity contribution in [2.75, 3.05) is 20.2 Å². The number of hydrogen-bond donors (Lipinski definition) is 1. The Balaban J connectivity index is 1.82. The summed E-state index contributed by atoms with van der Waals surface area (Å²) in [6.07, 6.45) is 2.89. The van der Waals surface area contributed by atoms with Gasteiger partial charge >= 0.3 is 7.62 Å². The van der Waals surface area contributed by atoms with E-state index >= 15 is 0 Å². The number of aliphatic hydroxyl groups excluding tert-OH is 1. The first-order valence-corrected chi connectivity index (χ1v) is 6.74. The second-order valence-electron chi connectivity index (χ2n) is 5.62. The lowest BCUT2D eigenvalue weighted by Gasteiger charge is -2.39. The molecule has 0 amide bonds. The molecule has 1 N–H and O–H groups in total. The predicted molar refractivity (Wildman–Crippen MR) is 72.7 cm³/mol. The molecule has 3 rings (SSSR count). The van der Waals surface area contributed by atoms with Crippen LogP contribution in [-0.2, 0) is 10.1 Å². The van der Waals surface area contributed by atoms with Crippen LogP contribution in [0.2, 0.25) is 0 Å². The summed E-state index contributed by atoms with van der Waals surface area (Å²) in [7, 11) is 2.47. The van der Waals surface area contributed by atoms with Gasteiger partial charge in [0.25, 0.3) is 0 Å². The van der Waals surface area contributed by atoms with Crippen molar-refractivity contribution >= 4 is 7.62 Å². The third-order valence-corrected chi connectivity index (χ3v) is 4.60. The second-order valence-corrected chi connectivity index (χ2v) is 5.62. The van der Waals surface area contributed by atoms with Crippen LogP contribution >= 0.6 is 0 Å². The Morgan fingerprint density at radius 1 is 1.33 bits per heavy atom. The highest BCUT2D eigenvalue weighted by Crippen LogP contribution is 2.50. The van der Waals surface area contributed by atoms with Gasteiger partial charge in [0.05, 0.1) is 6.10 Å². The Labute approximate surface area is 109 Å². The van der Waals surface area contributed by atoms with Crippen molar-refractivity contribution in [3.8, 4) is 0 Å². The van der Waals surface area contributed by atoms with Gasteiger partial charge in [0, 0.05) is 12.5 Å². The zero-order valence-electron chi connectivity index (χ0n) is 10.9. The van der Waals surface area contributed by atoms with E-state index in [1.54, 1.807) is 7.11 Å². The molecule has 1 aliphatic heterocycles. The fourth-order valence-electron chi connectivity index (χ4n) is 3.63. The van der Waals surface area contributed by atoms with Crippen molar-refractivity contribution in [1.29, 1.82) is 0 Å². The molecule has 1 saturated heterocycles. The predicted octanol–water partition coefficient (Wildman–Crippen LogP) is 1.37. The normalized spacial score (nSPS) is 26.2. The van der Waals surface area contributed by atoms with Crippen LogP contribution in [0.1, 0.15) is 36.5 Å². The smallest absolute Gasteiger partial charge is 0.363 e. The van der Waals surface area contributed by atoms with Gasteiger partial charge < -0.3 is 14.6 Å². The molecule has 1 aromatic rings. The van der Waals surface area contributed by atoms with E-state index in [1.165, 1.54) is 5.56 Å². The summed E-state index contributed by atoms with van der Waals surface area (Å²) in [5.74, 6) is 0. The number of hydrogen-bond acceptors (Lipinski definition) is 3. The fraction of sp³-hybridized carbons (Fsp3) is 0.571. The third kappa shape index (κ3) is 1.89. The molecule has 0 saturated carbocycles. The lowest BCUT2D eigenvalue weighted by molar-refractivity contribution is 0.128. The Bertz CT molecular complexity index is 430. The summed E-state index contributed by atoms with van der Waals surface area (Å²) in [6.45, 7) is 2.13. The number of rotatable bonds is 2. The summed E-state index contributed by atoms with van der Waals surface area (Å²) >= 11 is 0. The maximum atomic E-state index is 10.2. The molecular formula is C14H20BNO2. The maximum absolute atomic E-state index is 10.2. The van der Waals surface area contributed by atoms with Crippen LogP contribution < -0.4 is 0 Å². The summed E-state index contributed by atoms with van der Waals surface area (Å²) in [6, 6.07) is 8.41. The van der Waals surface area contributed by atoms with Gasteiger partial charge in [-0.3, -0.25) is 0 Å². The molecule has 0 radical (unpaired) electrons. The van der Waals surface area contributed by atoms with Crippen molar-refractivity contribution in [2.24, 2.45) is 0 Å². The molecular weight excluding hydrogens is 225 g/mol. The number of piperidine rings is 1. The van der Waals surface area contributed by atoms with Gasteiger partial charge in [-0.2, -0.15) is 0 Å². The van der Waals surface area contributed by atoms with Gasteiger partial charge in [0.15, 0.2) is 0 Å². The van der Waals surface area contributed by atoms with E-state index in [0.717, 1.165) is 45.5 Å². The first-order valence-electron chi connectivity index (χ1n) is 6.74. The van der Waals surface area contributed by atoms with Gasteiger partial charge in [-0.15, -0.1) is 0 Å². The minimum Gasteiger partial charge on any atom is -0.427 e. The van der Waals surface area contributed by atoms with Crippen molar-refractivity contribution in [3.63, 3.8) is 0 Å². The van der Waals surface area contributed by atoms with Crippen LogP contribution in [0.5, 0.6) is 0 Å². The van der Waals surface area contributed by atoms with Gasteiger partial charge in [-0.1, -0.05) is 24.3 Å². The first-order chi connectivity index (χ1) is 8.75. The molecule has 1 heterocycles. The topological polar surface area (TPSA) is 32.7 Å². The number of aliphatic hydroxyl groups is 1. The van der Waals surface area contributed by atoms with E-state index in [1.807, 2.05) is 6.07 Å². The Morgan fingerprint density at radius 3 is 2.78 bits per heavy atom. The van der Waals surface area contributed by atoms with Gasteiger partial charge in [-0.25, -0.2) is 0 Å². The van der Waals surface area contributed by atoms with Crippen molar-refractivity contribution in [1.82, 2.24) is 4.81 Å². The van der Waals surface area contributed by atoms with E-state index < -0.39 is 0 Å². The maximum Gasteiger partial charge on any atom is 0.363 e. The van der Waals surface area contributed by atoms with Gasteiger partial charge in [-0.05, 0) is 43.5 Å². The standard InChI is InChI=1S/C14H20BNO2/c1-18-15-16-8-6-14(7-9-16)10-13(17)11-4-2-3-5-12(11)14/h2-5,13,15,17H,6-10H2,1H3. The van der Waals surface area contributed by atoms with Crippen LogP contribution in [0.4, 0.5) is 0 Å². The SMILES string of the molecule is COBN1CCC2(CC1)CC(O)c1ccccc12. The minimum absolute atomic E-state index is 0.209. The van der Waals surface area contributed by atoms with E-state index in [2.05, 4.69) is 23.0 Å². The summed E-state index contributed by atoms with van der Waals surface area (Å²) < 4.78 is 5.20. The molecule has 1 aliphatic carbocycles. The summed E-state index contributed by atoms with van der Waals surface area (Å²) in [4.78, 5) is 2.35. The quantitative estimate of drug-likeness (QED) is 0.799. The van der Waals surface area contributed by atoms with E-state index in [4.69, 9.17) is 4.65 Å². The second kappa shape index (κ2) is 4.69. The van der Waals surface area contributed by atoms with Crippen molar-refractivity contribution in [3.05, 3.63) is 35.4 Å². The van der Waals surface area contributed by atoms with Crippen LogP contribution in [0.3, 0.4) is 0 Å². The minimum atomic E-state index is -0.268. The average Bonchev–Trinajstić information content (AvgIpc) is 2.67. The Morgan fingerprint density at radius 2 is 2.06 bits per heavy atom. The van der Waals surface area contributed by atoms with E-state index in [9.17, 15) is 5.11 Å². The average molecular weight is 245 g/mol. The highest BCUT2D eigenvalue weighted by atomic mass is 16.4. The van der Waals surface area contributed by atoms with Gasteiger partial charge in [0.1, 0.15) is 0 Å². The third-order valence-electron chi connectivity index (χ3n) is 4.60. The van der Waals surface area contributed by atoms with Crippen LogP contribution in [0.15, 0.2) is 24.3 Å². The lowest BCUT2D eigenvalue weighted by Crippen LogP contribution is -2.43. The zero-order valence-corrected chi connectivity index (χ0v) is 10.9. The number of benzene rings is 1. The molecule has 18 heavy (non-hydrogen) atoms. The molecule has 1 atom stereocenters. The zero-order chi connectivity index (χ0) is 12.6. The number of fused-ring (bicyclic) bond motifs is 2. The molecule has 0 bridgehead atoms. The van der Waals surface area contributed by atoms with Gasteiger partial charge in [0.2, 0.25) is 0 Å². The van der Waals surface area contributed by atoms with Crippen LogP contribution in [0, 0.1) is 0 Å². The highest BCUT2D eigenvalue weighted by Gasteiger charge is 2.44. The molecule has 1 fully saturated rings. The van der Waals surface area contributed by atoms with Crippen molar-refractivity contribution in [2.45, 2.75) is 30.8 Å². The molecule has 3 nitrogen and oxygen atoms in total. The number of nitrogens with zero attached hydrogens (tertiary/aromatic N) is 1. The Kier molecular flexibility index (Phi) is 3.18. The first kappa shape index (κ1) is 12.2. The molecule has 1 unspecified atom stereocenters. The van der Waals surface area contributed by atoms with Crippen LogP contribution in [-0.4, -0.2) is 37.7 Å². The van der Waals surface area contributed by atoms with Crippen LogP contribution in [0.25, 0.3) is 0 Å². The summed E-state index contributed by atoms with van der Waals surface area (Å²) in [5, 5.41) is 10.2. The monoisotopic (exact) mass is 245 g/mol. The van der Waals surface area contributed by atoms with E-state index in [-0.39, 0.29) is 11.5 Å². The molecule has 2 aliphatic rings. The summed E-state index contributed by atoms with van der Waals surface area (Å²) in [5.41, 5.74) is 2.74. The lowest BCUT2D eigenvalue weighted by atomic mass is 9.73. The fourth-order valence-corrected chi connectivity index (χ4v) is 3.63. The molecule has 0 aromatic heterocycles. The highest BCUT2D eigenvalue weighted by molar-refractivity contribution is 6.23. The molecule has 1 aromatic carbocycles. The van der Waals surface area contributed by atoms with E-state index in [0.29, 0.717) is 0 Å². The molecule has 4 heteroatoms. The molecule has 1 spiro atoms.